The molecule has 0 bridgehead atoms. The summed E-state index contributed by atoms with van der Waals surface area (Å²) in [5.74, 6) is 0.439. The molecule has 0 aromatic carbocycles. The molecular formula is C14H22ClNO2V. The second-order valence-electron chi connectivity index (χ2n) is 4.60. The topological polar surface area (TPSA) is 43.7 Å². The van der Waals surface area contributed by atoms with Crippen LogP contribution in [-0.2, 0) is 18.6 Å². The molecule has 0 aliphatic carbocycles. The van der Waals surface area contributed by atoms with Crippen LogP contribution in [0.5, 0.6) is 0 Å². The predicted octanol–water partition coefficient (Wildman–Crippen LogP) is 1.91. The van der Waals surface area contributed by atoms with Gasteiger partial charge in [-0.2, -0.15) is 0 Å². The normalized spacial score (nSPS) is 23.1. The Morgan fingerprint density at radius 2 is 2.26 bits per heavy atom. The van der Waals surface area contributed by atoms with E-state index in [4.69, 9.17) is 16.7 Å². The fourth-order valence-electron chi connectivity index (χ4n) is 2.28. The third-order valence-corrected chi connectivity index (χ3v) is 3.52. The van der Waals surface area contributed by atoms with Crippen molar-refractivity contribution in [2.24, 2.45) is 5.92 Å². The van der Waals surface area contributed by atoms with E-state index in [0.717, 1.165) is 19.5 Å². The van der Waals surface area contributed by atoms with Gasteiger partial charge in [-0.15, -0.1) is 0 Å². The standard InChI is InChI=1S/C14H22ClNO2.V/c1-3-11(7-13(15)4-2)12-5-6-16(8-12)9-14(18)10-17;/h3-4,7,12,14,17-18H,2,5-6,8-10H2,1H3;/b11-3+,13-7+;. The fraction of sp³-hybridized carbons (Fsp3) is 0.571. The molecule has 2 unspecified atom stereocenters. The van der Waals surface area contributed by atoms with Crippen molar-refractivity contribution >= 4 is 11.6 Å². The van der Waals surface area contributed by atoms with E-state index in [2.05, 4.69) is 17.6 Å². The van der Waals surface area contributed by atoms with Gasteiger partial charge >= 0.3 is 0 Å². The van der Waals surface area contributed by atoms with Crippen LogP contribution in [0, 0.1) is 5.92 Å². The van der Waals surface area contributed by atoms with Crippen LogP contribution < -0.4 is 0 Å². The predicted molar refractivity (Wildman–Crippen MR) is 75.5 cm³/mol. The summed E-state index contributed by atoms with van der Waals surface area (Å²) in [6.07, 6.45) is 6.06. The third kappa shape index (κ3) is 6.30. The molecule has 0 saturated carbocycles. The molecule has 1 aliphatic rings. The van der Waals surface area contributed by atoms with Gasteiger partial charge < -0.3 is 15.1 Å². The number of aliphatic hydroxyl groups is 2. The van der Waals surface area contributed by atoms with E-state index in [1.54, 1.807) is 6.08 Å². The van der Waals surface area contributed by atoms with Gasteiger partial charge in [-0.05, 0) is 37.5 Å². The maximum atomic E-state index is 9.43. The minimum Gasteiger partial charge on any atom is -0.394 e. The van der Waals surface area contributed by atoms with Gasteiger partial charge in [-0.1, -0.05) is 30.3 Å². The molecule has 1 heterocycles. The molecule has 1 fully saturated rings. The number of hydrogen-bond donors (Lipinski definition) is 2. The number of aliphatic hydroxyl groups excluding tert-OH is 2. The second-order valence-corrected chi connectivity index (χ2v) is 5.04. The first-order valence-corrected chi connectivity index (χ1v) is 6.65. The van der Waals surface area contributed by atoms with Crippen LogP contribution in [0.4, 0.5) is 0 Å². The van der Waals surface area contributed by atoms with Crippen molar-refractivity contribution in [2.45, 2.75) is 19.4 Å². The fourth-order valence-corrected chi connectivity index (χ4v) is 2.41. The first-order chi connectivity index (χ1) is 8.60. The van der Waals surface area contributed by atoms with E-state index < -0.39 is 6.10 Å². The second kappa shape index (κ2) is 9.81. The van der Waals surface area contributed by atoms with Gasteiger partial charge in [0.1, 0.15) is 0 Å². The van der Waals surface area contributed by atoms with Crippen LogP contribution in [0.15, 0.2) is 35.4 Å². The molecule has 0 spiro atoms. The van der Waals surface area contributed by atoms with Crippen molar-refractivity contribution in [1.29, 1.82) is 0 Å². The molecule has 0 aromatic heterocycles. The van der Waals surface area contributed by atoms with Crippen LogP contribution in [0.2, 0.25) is 0 Å². The Morgan fingerprint density at radius 3 is 2.79 bits per heavy atom. The largest absolute Gasteiger partial charge is 0.394 e. The smallest absolute Gasteiger partial charge is 0.0897 e. The number of halogens is 1. The summed E-state index contributed by atoms with van der Waals surface area (Å²) >= 11 is 5.98. The zero-order valence-corrected chi connectivity index (χ0v) is 13.4. The Labute approximate surface area is 132 Å². The number of likely N-dealkylation sites (tertiary alicyclic amines) is 1. The van der Waals surface area contributed by atoms with Gasteiger partial charge in [0.15, 0.2) is 0 Å². The maximum Gasteiger partial charge on any atom is 0.0897 e. The number of hydrogen-bond acceptors (Lipinski definition) is 3. The van der Waals surface area contributed by atoms with Gasteiger partial charge in [0.05, 0.1) is 12.7 Å². The molecule has 3 nitrogen and oxygen atoms in total. The zero-order valence-electron chi connectivity index (χ0n) is 11.3. The number of β-amino-alcohol motifs (C(OH)–C–C–N with tert-alkyl or cyclic N) is 1. The van der Waals surface area contributed by atoms with Crippen molar-refractivity contribution in [3.8, 4) is 0 Å². The van der Waals surface area contributed by atoms with Gasteiger partial charge in [0.2, 0.25) is 0 Å². The first-order valence-electron chi connectivity index (χ1n) is 6.27. The molecular weight excluding hydrogens is 301 g/mol. The SMILES string of the molecule is C=C/C(Cl)=C\C(=C/C)C1CCN(CC(O)CO)C1.[V]. The summed E-state index contributed by atoms with van der Waals surface area (Å²) in [5.41, 5.74) is 1.21. The summed E-state index contributed by atoms with van der Waals surface area (Å²) in [7, 11) is 0. The van der Waals surface area contributed by atoms with Gasteiger partial charge in [-0.25, -0.2) is 0 Å². The molecule has 2 atom stereocenters. The molecule has 5 heteroatoms. The van der Waals surface area contributed by atoms with Crippen molar-refractivity contribution in [3.63, 3.8) is 0 Å². The van der Waals surface area contributed by atoms with Crippen molar-refractivity contribution in [3.05, 3.63) is 35.4 Å². The van der Waals surface area contributed by atoms with E-state index in [-0.39, 0.29) is 25.2 Å². The van der Waals surface area contributed by atoms with Gasteiger partial charge in [0.25, 0.3) is 0 Å². The average Bonchev–Trinajstić information content (AvgIpc) is 2.83. The molecule has 0 aromatic rings. The Kier molecular flexibility index (Phi) is 9.80. The quantitative estimate of drug-likeness (QED) is 0.734. The Balaban J connectivity index is 0.00000324. The molecule has 1 saturated heterocycles. The van der Waals surface area contributed by atoms with E-state index >= 15 is 0 Å². The molecule has 0 amide bonds. The zero-order chi connectivity index (χ0) is 13.5. The Hall–Kier alpha value is -0.0256. The first kappa shape index (κ1) is 19.0. The van der Waals surface area contributed by atoms with E-state index in [1.807, 2.05) is 13.0 Å². The Bertz CT molecular complexity index is 344. The number of allylic oxidation sites excluding steroid dienone is 4. The van der Waals surface area contributed by atoms with Crippen molar-refractivity contribution in [1.82, 2.24) is 4.90 Å². The minimum atomic E-state index is -0.648. The van der Waals surface area contributed by atoms with Crippen molar-refractivity contribution < 1.29 is 28.8 Å². The van der Waals surface area contributed by atoms with Crippen LogP contribution in [0.3, 0.4) is 0 Å². The van der Waals surface area contributed by atoms with Crippen LogP contribution in [-0.4, -0.2) is 47.5 Å². The minimum absolute atomic E-state index is 0. The number of rotatable bonds is 6. The van der Waals surface area contributed by atoms with E-state index in [0.29, 0.717) is 17.5 Å². The Morgan fingerprint density at radius 1 is 1.58 bits per heavy atom. The van der Waals surface area contributed by atoms with Gasteiger partial charge in [0, 0.05) is 36.7 Å². The summed E-state index contributed by atoms with van der Waals surface area (Å²) in [4.78, 5) is 2.17. The van der Waals surface area contributed by atoms with Gasteiger partial charge in [-0.3, -0.25) is 0 Å². The monoisotopic (exact) mass is 322 g/mol. The van der Waals surface area contributed by atoms with Crippen molar-refractivity contribution in [2.75, 3.05) is 26.2 Å². The summed E-state index contributed by atoms with van der Waals surface area (Å²) in [6.45, 7) is 7.84. The summed E-state index contributed by atoms with van der Waals surface area (Å²) < 4.78 is 0. The van der Waals surface area contributed by atoms with Crippen LogP contribution in [0.25, 0.3) is 0 Å². The third-order valence-electron chi connectivity index (χ3n) is 3.26. The molecule has 107 valence electrons. The van der Waals surface area contributed by atoms with E-state index in [1.165, 1.54) is 5.57 Å². The molecule has 1 rings (SSSR count). The molecule has 19 heavy (non-hydrogen) atoms. The average molecular weight is 323 g/mol. The van der Waals surface area contributed by atoms with E-state index in [9.17, 15) is 5.11 Å². The van der Waals surface area contributed by atoms with Crippen LogP contribution >= 0.6 is 11.6 Å². The summed E-state index contributed by atoms with van der Waals surface area (Å²) in [5, 5.41) is 18.9. The number of nitrogens with zero attached hydrogens (tertiary/aromatic N) is 1. The van der Waals surface area contributed by atoms with Crippen LogP contribution in [0.1, 0.15) is 13.3 Å². The summed E-state index contributed by atoms with van der Waals surface area (Å²) in [6, 6.07) is 0. The molecule has 1 aliphatic heterocycles. The molecule has 1 radical (unpaired) electrons. The molecule has 2 N–H and O–H groups in total. The maximum absolute atomic E-state index is 9.43.